The van der Waals surface area contributed by atoms with Crippen LogP contribution in [0.5, 0.6) is 11.5 Å². The van der Waals surface area contributed by atoms with Crippen molar-refractivity contribution in [3.8, 4) is 11.5 Å². The number of benzene rings is 1. The summed E-state index contributed by atoms with van der Waals surface area (Å²) in [5.74, 6) is 2.37. The highest BCUT2D eigenvalue weighted by Crippen LogP contribution is 2.35. The Morgan fingerprint density at radius 3 is 2.70 bits per heavy atom. The number of thiazole rings is 1. The lowest BCUT2D eigenvalue weighted by Gasteiger charge is -2.19. The zero-order chi connectivity index (χ0) is 20.5. The summed E-state index contributed by atoms with van der Waals surface area (Å²) in [6.07, 6.45) is 5.93. The van der Waals surface area contributed by atoms with Crippen LogP contribution in [0.15, 0.2) is 28.6 Å². The molecule has 1 fully saturated rings. The van der Waals surface area contributed by atoms with E-state index in [2.05, 4.69) is 40.9 Å². The second-order valence-electron chi connectivity index (χ2n) is 7.11. The third-order valence-corrected chi connectivity index (χ3v) is 6.00. The first-order valence-electron chi connectivity index (χ1n) is 10.5. The highest BCUT2D eigenvalue weighted by molar-refractivity contribution is 14.0. The molecule has 1 aromatic carbocycles. The van der Waals surface area contributed by atoms with E-state index in [1.807, 2.05) is 12.1 Å². The number of halogens is 1. The van der Waals surface area contributed by atoms with Gasteiger partial charge >= 0.3 is 0 Å². The molecule has 0 saturated heterocycles. The summed E-state index contributed by atoms with van der Waals surface area (Å²) >= 11 is 1.70. The molecule has 1 aliphatic rings. The van der Waals surface area contributed by atoms with Gasteiger partial charge in [0, 0.05) is 17.5 Å². The zero-order valence-electron chi connectivity index (χ0n) is 18.1. The molecule has 0 spiro atoms. The normalized spacial score (nSPS) is 14.3. The third-order valence-electron chi connectivity index (χ3n) is 4.96. The van der Waals surface area contributed by atoms with E-state index in [1.54, 1.807) is 18.4 Å². The Morgan fingerprint density at radius 1 is 1.23 bits per heavy atom. The lowest BCUT2D eigenvalue weighted by molar-refractivity contribution is 0.198. The minimum Gasteiger partial charge on any atom is -0.493 e. The molecule has 0 unspecified atom stereocenters. The van der Waals surface area contributed by atoms with Crippen LogP contribution in [0, 0.1) is 0 Å². The lowest BCUT2D eigenvalue weighted by atomic mass is 10.1. The zero-order valence-corrected chi connectivity index (χ0v) is 21.2. The fraction of sp³-hybridized carbons (Fsp3) is 0.545. The van der Waals surface area contributed by atoms with Gasteiger partial charge in [0.25, 0.3) is 0 Å². The summed E-state index contributed by atoms with van der Waals surface area (Å²) in [6.45, 7) is 6.17. The number of para-hydroxylation sites is 1. The number of hydrogen-bond donors (Lipinski definition) is 2. The second kappa shape index (κ2) is 13.0. The Kier molecular flexibility index (Phi) is 10.7. The summed E-state index contributed by atoms with van der Waals surface area (Å²) < 4.78 is 11.9. The first-order chi connectivity index (χ1) is 14.2. The number of guanidine groups is 1. The van der Waals surface area contributed by atoms with Gasteiger partial charge in [0.15, 0.2) is 17.5 Å². The molecular formula is C22H33IN4O2S. The van der Waals surface area contributed by atoms with Crippen molar-refractivity contribution in [3.63, 3.8) is 0 Å². The van der Waals surface area contributed by atoms with Crippen molar-refractivity contribution in [2.45, 2.75) is 65.1 Å². The van der Waals surface area contributed by atoms with Crippen molar-refractivity contribution in [2.75, 3.05) is 13.7 Å². The number of nitrogens with zero attached hydrogens (tertiary/aromatic N) is 2. The van der Waals surface area contributed by atoms with Crippen LogP contribution in [-0.2, 0) is 19.5 Å². The Balaban J connectivity index is 0.00000320. The van der Waals surface area contributed by atoms with Crippen molar-refractivity contribution in [1.29, 1.82) is 0 Å². The van der Waals surface area contributed by atoms with Gasteiger partial charge in [-0.25, -0.2) is 9.98 Å². The fourth-order valence-corrected chi connectivity index (χ4v) is 4.17. The molecule has 1 saturated carbocycles. The van der Waals surface area contributed by atoms with Gasteiger partial charge in [-0.1, -0.05) is 19.1 Å². The quantitative estimate of drug-likeness (QED) is 0.267. The van der Waals surface area contributed by atoms with E-state index < -0.39 is 0 Å². The molecule has 0 bridgehead atoms. The average molecular weight is 545 g/mol. The molecule has 3 rings (SSSR count). The summed E-state index contributed by atoms with van der Waals surface area (Å²) in [5, 5.41) is 9.95. The molecule has 2 aromatic rings. The van der Waals surface area contributed by atoms with Crippen molar-refractivity contribution < 1.29 is 9.47 Å². The van der Waals surface area contributed by atoms with E-state index in [0.717, 1.165) is 59.5 Å². The van der Waals surface area contributed by atoms with E-state index in [-0.39, 0.29) is 30.1 Å². The summed E-state index contributed by atoms with van der Waals surface area (Å²) in [4.78, 5) is 9.38. The monoisotopic (exact) mass is 544 g/mol. The number of rotatable bonds is 9. The van der Waals surface area contributed by atoms with Crippen LogP contribution in [0.1, 0.15) is 55.8 Å². The van der Waals surface area contributed by atoms with Crippen LogP contribution in [0.25, 0.3) is 0 Å². The second-order valence-corrected chi connectivity index (χ2v) is 8.05. The Hall–Kier alpha value is -1.55. The van der Waals surface area contributed by atoms with Gasteiger partial charge in [-0.05, 0) is 45.1 Å². The van der Waals surface area contributed by atoms with Gasteiger partial charge in [-0.2, -0.15) is 0 Å². The van der Waals surface area contributed by atoms with Gasteiger partial charge in [-0.3, -0.25) is 0 Å². The lowest BCUT2D eigenvalue weighted by Crippen LogP contribution is -2.36. The van der Waals surface area contributed by atoms with Crippen LogP contribution in [0.2, 0.25) is 0 Å². The number of nitrogens with one attached hydrogen (secondary N) is 2. The first-order valence-corrected chi connectivity index (χ1v) is 11.4. The molecule has 0 amide bonds. The number of ether oxygens (including phenoxy) is 2. The fourth-order valence-electron chi connectivity index (χ4n) is 3.43. The van der Waals surface area contributed by atoms with Crippen molar-refractivity contribution in [3.05, 3.63) is 39.8 Å². The molecule has 1 heterocycles. The molecular weight excluding hydrogens is 511 g/mol. The van der Waals surface area contributed by atoms with Gasteiger partial charge in [-0.15, -0.1) is 35.3 Å². The van der Waals surface area contributed by atoms with E-state index >= 15 is 0 Å². The van der Waals surface area contributed by atoms with E-state index in [4.69, 9.17) is 14.5 Å². The molecule has 1 aliphatic carbocycles. The summed E-state index contributed by atoms with van der Waals surface area (Å²) in [7, 11) is 1.69. The molecule has 166 valence electrons. The predicted octanol–water partition coefficient (Wildman–Crippen LogP) is 4.91. The highest BCUT2D eigenvalue weighted by Gasteiger charge is 2.20. The number of methoxy groups -OCH3 is 1. The minimum absolute atomic E-state index is 0. The maximum Gasteiger partial charge on any atom is 0.191 e. The molecule has 0 atom stereocenters. The van der Waals surface area contributed by atoms with Crippen LogP contribution in [-0.4, -0.2) is 30.7 Å². The molecule has 2 N–H and O–H groups in total. The van der Waals surface area contributed by atoms with E-state index in [9.17, 15) is 0 Å². The molecule has 0 aliphatic heterocycles. The number of hydrogen-bond acceptors (Lipinski definition) is 5. The van der Waals surface area contributed by atoms with Gasteiger partial charge < -0.3 is 20.1 Å². The standard InChI is InChI=1S/C22H32N4O2S.HI/c1-4-20-26-17(15-29-20)14-25-22(23-5-2)24-13-16-9-8-12-19(27-3)21(16)28-18-10-6-7-11-18;/h8-9,12,15,18H,4-7,10-11,13-14H2,1-3H3,(H2,23,24,25);1H. The number of aliphatic imine (C=N–C) groups is 1. The Labute approximate surface area is 200 Å². The van der Waals surface area contributed by atoms with E-state index in [0.29, 0.717) is 13.1 Å². The summed E-state index contributed by atoms with van der Waals surface area (Å²) in [6, 6.07) is 6.01. The van der Waals surface area contributed by atoms with Crippen LogP contribution < -0.4 is 20.1 Å². The average Bonchev–Trinajstić information content (AvgIpc) is 3.42. The van der Waals surface area contributed by atoms with Gasteiger partial charge in [0.1, 0.15) is 0 Å². The highest BCUT2D eigenvalue weighted by atomic mass is 127. The largest absolute Gasteiger partial charge is 0.493 e. The topological polar surface area (TPSA) is 67.8 Å². The maximum absolute atomic E-state index is 6.32. The van der Waals surface area contributed by atoms with Gasteiger partial charge in [0.2, 0.25) is 0 Å². The van der Waals surface area contributed by atoms with Crippen molar-refractivity contribution in [1.82, 2.24) is 15.6 Å². The van der Waals surface area contributed by atoms with Crippen LogP contribution in [0.3, 0.4) is 0 Å². The van der Waals surface area contributed by atoms with Gasteiger partial charge in [0.05, 0.1) is 37.0 Å². The van der Waals surface area contributed by atoms with Crippen LogP contribution in [0.4, 0.5) is 0 Å². The Morgan fingerprint density at radius 2 is 2.03 bits per heavy atom. The molecule has 6 nitrogen and oxygen atoms in total. The minimum atomic E-state index is 0. The smallest absolute Gasteiger partial charge is 0.191 e. The maximum atomic E-state index is 6.32. The molecule has 1 aromatic heterocycles. The number of aromatic nitrogens is 1. The van der Waals surface area contributed by atoms with Crippen molar-refractivity contribution >= 4 is 41.3 Å². The molecule has 0 radical (unpaired) electrons. The van der Waals surface area contributed by atoms with Crippen molar-refractivity contribution in [2.24, 2.45) is 4.99 Å². The summed E-state index contributed by atoms with van der Waals surface area (Å²) in [5.41, 5.74) is 2.08. The van der Waals surface area contributed by atoms with Crippen LogP contribution >= 0.6 is 35.3 Å². The first kappa shape index (κ1) is 24.7. The molecule has 30 heavy (non-hydrogen) atoms. The number of aryl methyl sites for hydroxylation is 1. The Bertz CT molecular complexity index is 806. The molecule has 8 heteroatoms. The van der Waals surface area contributed by atoms with E-state index in [1.165, 1.54) is 12.8 Å². The predicted molar refractivity (Wildman–Crippen MR) is 134 cm³/mol. The third kappa shape index (κ3) is 7.01. The SMILES string of the molecule is CCNC(=NCc1cccc(OC)c1OC1CCCC1)NCc1csc(CC)n1.I.